The van der Waals surface area contributed by atoms with Crippen molar-refractivity contribution in [2.75, 3.05) is 11.0 Å². The van der Waals surface area contributed by atoms with Crippen LogP contribution in [0.4, 0.5) is 10.3 Å². The van der Waals surface area contributed by atoms with Crippen LogP contribution in [0, 0.1) is 5.82 Å². The zero-order valence-electron chi connectivity index (χ0n) is 14.4. The third kappa shape index (κ3) is 3.43. The smallest absolute Gasteiger partial charge is 0.252 e. The number of pyridine rings is 1. The minimum Gasteiger partial charge on any atom is -0.290 e. The van der Waals surface area contributed by atoms with Gasteiger partial charge >= 0.3 is 0 Å². The summed E-state index contributed by atoms with van der Waals surface area (Å²) in [5.74, 6) is -0.738. The second-order valence-corrected chi connectivity index (χ2v) is 7.87. The van der Waals surface area contributed by atoms with Gasteiger partial charge in [0, 0.05) is 23.1 Å². The second kappa shape index (κ2) is 6.49. The van der Waals surface area contributed by atoms with Gasteiger partial charge in [-0.25, -0.2) is 17.8 Å². The van der Waals surface area contributed by atoms with Crippen LogP contribution in [0.5, 0.6) is 0 Å². The predicted molar refractivity (Wildman–Crippen MR) is 98.0 cm³/mol. The first-order chi connectivity index (χ1) is 12.2. The quantitative estimate of drug-likeness (QED) is 0.755. The zero-order valence-corrected chi connectivity index (χ0v) is 15.2. The molecule has 9 heteroatoms. The van der Waals surface area contributed by atoms with Crippen LogP contribution >= 0.6 is 0 Å². The van der Waals surface area contributed by atoms with Gasteiger partial charge in [-0.3, -0.25) is 14.1 Å². The minimum atomic E-state index is -3.65. The van der Waals surface area contributed by atoms with E-state index in [-0.39, 0.29) is 34.5 Å². The molecule has 0 spiro atoms. The summed E-state index contributed by atoms with van der Waals surface area (Å²) < 4.78 is 41.2. The highest BCUT2D eigenvalue weighted by Crippen LogP contribution is 2.29. The predicted octanol–water partition coefficient (Wildman–Crippen LogP) is 2.55. The summed E-state index contributed by atoms with van der Waals surface area (Å²) in [4.78, 5) is 20.7. The van der Waals surface area contributed by atoms with Crippen molar-refractivity contribution in [2.24, 2.45) is 0 Å². The highest BCUT2D eigenvalue weighted by molar-refractivity contribution is 7.91. The van der Waals surface area contributed by atoms with Crippen molar-refractivity contribution in [1.82, 2.24) is 14.5 Å². The maximum atomic E-state index is 14.3. The molecule has 0 radical (unpaired) electrons. The molecule has 7 nitrogen and oxygen atoms in total. The summed E-state index contributed by atoms with van der Waals surface area (Å²) in [6.07, 6.45) is 0.962. The van der Waals surface area contributed by atoms with Gasteiger partial charge in [-0.05, 0) is 32.0 Å². The topological polar surface area (TPSA) is 94.0 Å². The third-order valence-electron chi connectivity index (χ3n) is 3.71. The average molecular weight is 376 g/mol. The summed E-state index contributed by atoms with van der Waals surface area (Å²) >= 11 is 0. The normalized spacial score (nSPS) is 11.9. The lowest BCUT2D eigenvalue weighted by molar-refractivity contribution is 0.595. The molecule has 1 aromatic carbocycles. The van der Waals surface area contributed by atoms with Gasteiger partial charge in [-0.2, -0.15) is 4.98 Å². The highest BCUT2D eigenvalue weighted by atomic mass is 32.2. The molecular weight excluding hydrogens is 359 g/mol. The van der Waals surface area contributed by atoms with Crippen LogP contribution in [-0.4, -0.2) is 29.2 Å². The number of hydrogen-bond donors (Lipinski definition) is 1. The summed E-state index contributed by atoms with van der Waals surface area (Å²) in [5, 5.41) is 0.447. The number of sulfonamides is 1. The molecule has 3 aromatic rings. The van der Waals surface area contributed by atoms with Crippen molar-refractivity contribution in [3.63, 3.8) is 0 Å². The molecule has 0 atom stereocenters. The third-order valence-corrected chi connectivity index (χ3v) is 4.26. The van der Waals surface area contributed by atoms with Crippen molar-refractivity contribution in [3.8, 4) is 11.3 Å². The van der Waals surface area contributed by atoms with E-state index in [1.165, 1.54) is 28.8 Å². The molecule has 3 rings (SSSR count). The largest absolute Gasteiger partial charge is 0.290 e. The Kier molecular flexibility index (Phi) is 4.49. The van der Waals surface area contributed by atoms with Crippen molar-refractivity contribution in [1.29, 1.82) is 0 Å². The van der Waals surface area contributed by atoms with Crippen LogP contribution < -0.4 is 10.3 Å². The van der Waals surface area contributed by atoms with E-state index in [1.807, 2.05) is 0 Å². The van der Waals surface area contributed by atoms with Gasteiger partial charge in [0.2, 0.25) is 16.0 Å². The number of benzene rings is 1. The SMILES string of the molecule is CC(C)n1c(=O)ccc2c(-c3ccccc3F)nc(NS(C)(=O)=O)nc21. The van der Waals surface area contributed by atoms with Gasteiger partial charge in [0.15, 0.2) is 0 Å². The Labute approximate surface area is 149 Å². The van der Waals surface area contributed by atoms with Crippen molar-refractivity contribution in [2.45, 2.75) is 19.9 Å². The fourth-order valence-corrected chi connectivity index (χ4v) is 3.13. The van der Waals surface area contributed by atoms with Crippen LogP contribution in [0.25, 0.3) is 22.3 Å². The highest BCUT2D eigenvalue weighted by Gasteiger charge is 2.18. The van der Waals surface area contributed by atoms with E-state index >= 15 is 0 Å². The molecule has 1 N–H and O–H groups in total. The fourth-order valence-electron chi connectivity index (χ4n) is 2.70. The first-order valence-electron chi connectivity index (χ1n) is 7.83. The molecule has 2 aromatic heterocycles. The average Bonchev–Trinajstić information content (AvgIpc) is 2.52. The van der Waals surface area contributed by atoms with Crippen molar-refractivity contribution >= 4 is 27.0 Å². The molecule has 0 bridgehead atoms. The minimum absolute atomic E-state index is 0.186. The number of anilines is 1. The Morgan fingerprint density at radius 2 is 1.81 bits per heavy atom. The van der Waals surface area contributed by atoms with Gasteiger partial charge < -0.3 is 0 Å². The van der Waals surface area contributed by atoms with Crippen molar-refractivity contribution in [3.05, 3.63) is 52.6 Å². The number of nitrogens with one attached hydrogen (secondary N) is 1. The standard InChI is InChI=1S/C17H17FN4O3S/c1-10(2)22-14(23)9-8-12-15(11-6-4-5-7-13(11)18)19-17(20-16(12)22)21-26(3,24)25/h4-10H,1-3H3,(H,19,20,21). The molecule has 0 aliphatic rings. The molecule has 0 unspecified atom stereocenters. The van der Waals surface area contributed by atoms with Crippen LogP contribution in [0.15, 0.2) is 41.2 Å². The number of fused-ring (bicyclic) bond motifs is 1. The van der Waals surface area contributed by atoms with E-state index in [0.29, 0.717) is 5.39 Å². The molecular formula is C17H17FN4O3S. The Morgan fingerprint density at radius 3 is 2.42 bits per heavy atom. The van der Waals surface area contributed by atoms with Crippen LogP contribution in [0.3, 0.4) is 0 Å². The Balaban J connectivity index is 2.44. The molecule has 2 heterocycles. The molecule has 0 saturated heterocycles. The maximum absolute atomic E-state index is 14.3. The molecule has 0 fully saturated rings. The first kappa shape index (κ1) is 18.0. The molecule has 0 aliphatic heterocycles. The number of rotatable bonds is 4. The van der Waals surface area contributed by atoms with Gasteiger partial charge in [0.1, 0.15) is 11.5 Å². The van der Waals surface area contributed by atoms with Crippen LogP contribution in [0.2, 0.25) is 0 Å². The van der Waals surface area contributed by atoms with Gasteiger partial charge in [-0.15, -0.1) is 0 Å². The van der Waals surface area contributed by atoms with Crippen LogP contribution in [-0.2, 0) is 10.0 Å². The van der Waals surface area contributed by atoms with Gasteiger partial charge in [0.05, 0.1) is 11.9 Å². The summed E-state index contributed by atoms with van der Waals surface area (Å²) in [6, 6.07) is 8.65. The number of aromatic nitrogens is 3. The van der Waals surface area contributed by atoms with Crippen LogP contribution in [0.1, 0.15) is 19.9 Å². The molecule has 26 heavy (non-hydrogen) atoms. The number of hydrogen-bond acceptors (Lipinski definition) is 5. The van der Waals surface area contributed by atoms with E-state index in [4.69, 9.17) is 0 Å². The Hall–Kier alpha value is -2.81. The van der Waals surface area contributed by atoms with Gasteiger partial charge in [-0.1, -0.05) is 12.1 Å². The van der Waals surface area contributed by atoms with E-state index in [2.05, 4.69) is 14.7 Å². The van der Waals surface area contributed by atoms with E-state index in [1.54, 1.807) is 26.0 Å². The number of nitrogens with zero attached hydrogens (tertiary/aromatic N) is 3. The van der Waals surface area contributed by atoms with E-state index in [9.17, 15) is 17.6 Å². The lowest BCUT2D eigenvalue weighted by Crippen LogP contribution is -2.23. The fraction of sp³-hybridized carbons (Fsp3) is 0.235. The Bertz CT molecular complexity index is 1160. The van der Waals surface area contributed by atoms with Gasteiger partial charge in [0.25, 0.3) is 5.56 Å². The molecule has 0 aliphatic carbocycles. The maximum Gasteiger partial charge on any atom is 0.252 e. The van der Waals surface area contributed by atoms with E-state index in [0.717, 1.165) is 6.26 Å². The number of halogens is 1. The van der Waals surface area contributed by atoms with E-state index < -0.39 is 15.8 Å². The molecule has 0 amide bonds. The first-order valence-corrected chi connectivity index (χ1v) is 9.72. The Morgan fingerprint density at radius 1 is 1.12 bits per heavy atom. The zero-order chi connectivity index (χ0) is 19.1. The van der Waals surface area contributed by atoms with Crippen molar-refractivity contribution < 1.29 is 12.8 Å². The summed E-state index contributed by atoms with van der Waals surface area (Å²) in [5.41, 5.74) is 0.321. The summed E-state index contributed by atoms with van der Waals surface area (Å²) in [7, 11) is -3.65. The lowest BCUT2D eigenvalue weighted by atomic mass is 10.1. The molecule has 0 saturated carbocycles. The molecule has 136 valence electrons. The lowest BCUT2D eigenvalue weighted by Gasteiger charge is -2.16. The second-order valence-electron chi connectivity index (χ2n) is 6.12. The monoisotopic (exact) mass is 376 g/mol. The summed E-state index contributed by atoms with van der Waals surface area (Å²) in [6.45, 7) is 3.60.